The molecular weight excluding hydrogens is 497 g/mol. The van der Waals surface area contributed by atoms with Gasteiger partial charge < -0.3 is 15.0 Å². The van der Waals surface area contributed by atoms with Crippen LogP contribution in [0.3, 0.4) is 0 Å². The third-order valence-corrected chi connectivity index (χ3v) is 7.09. The van der Waals surface area contributed by atoms with E-state index in [1.807, 2.05) is 18.2 Å². The van der Waals surface area contributed by atoms with Crippen LogP contribution in [0.2, 0.25) is 0 Å². The van der Waals surface area contributed by atoms with E-state index in [0.29, 0.717) is 16.9 Å². The van der Waals surface area contributed by atoms with Crippen molar-refractivity contribution in [3.8, 4) is 5.75 Å². The molecule has 10 heteroatoms. The number of sulfonamides is 1. The number of methoxy groups -OCH3 is 1. The van der Waals surface area contributed by atoms with Gasteiger partial charge in [0, 0.05) is 25.7 Å². The van der Waals surface area contributed by atoms with E-state index < -0.39 is 40.2 Å². The highest BCUT2D eigenvalue weighted by molar-refractivity contribution is 7.88. The van der Waals surface area contributed by atoms with E-state index in [0.717, 1.165) is 16.1 Å². The van der Waals surface area contributed by atoms with Crippen LogP contribution in [0.15, 0.2) is 78.9 Å². The molecule has 0 aromatic heterocycles. The zero-order chi connectivity index (χ0) is 27.0. The maximum Gasteiger partial charge on any atom is 0.247 e. The molecule has 0 radical (unpaired) electrons. The van der Waals surface area contributed by atoms with Crippen LogP contribution in [-0.4, -0.2) is 56.4 Å². The minimum absolute atomic E-state index is 0.0433. The standard InChI is InChI=1S/C27H30FN3O5S/c1-30(37(3,34)35)19-25(32)31(18-20-13-15-23(28)16-14-20)26(21-9-5-4-6-10-21)27(33)29-17-22-11-7-8-12-24(22)36-2/h4-16,26H,17-19H2,1-3H3,(H,29,33). The summed E-state index contributed by atoms with van der Waals surface area (Å²) in [6.45, 7) is -0.366. The third kappa shape index (κ3) is 7.61. The van der Waals surface area contributed by atoms with E-state index in [2.05, 4.69) is 5.32 Å². The highest BCUT2D eigenvalue weighted by Gasteiger charge is 2.33. The Morgan fingerprint density at radius 3 is 2.22 bits per heavy atom. The summed E-state index contributed by atoms with van der Waals surface area (Å²) in [6.07, 6.45) is 0.999. The molecule has 0 fully saturated rings. The molecule has 0 aliphatic carbocycles. The number of nitrogens with one attached hydrogen (secondary N) is 1. The first-order valence-corrected chi connectivity index (χ1v) is 13.3. The van der Waals surface area contributed by atoms with Gasteiger partial charge >= 0.3 is 0 Å². The van der Waals surface area contributed by atoms with Crippen LogP contribution in [0, 0.1) is 5.82 Å². The lowest BCUT2D eigenvalue weighted by Crippen LogP contribution is -2.47. The summed E-state index contributed by atoms with van der Waals surface area (Å²) < 4.78 is 43.8. The van der Waals surface area contributed by atoms with Crippen LogP contribution < -0.4 is 10.1 Å². The summed E-state index contributed by atoms with van der Waals surface area (Å²) in [7, 11) is -0.822. The fraction of sp³-hybridized carbons (Fsp3) is 0.259. The van der Waals surface area contributed by atoms with E-state index in [1.54, 1.807) is 36.4 Å². The monoisotopic (exact) mass is 527 g/mol. The second-order valence-corrected chi connectivity index (χ2v) is 10.6. The van der Waals surface area contributed by atoms with Crippen LogP contribution in [0.4, 0.5) is 4.39 Å². The van der Waals surface area contributed by atoms with Gasteiger partial charge in [0.1, 0.15) is 17.6 Å². The van der Waals surface area contributed by atoms with Crippen molar-refractivity contribution < 1.29 is 27.1 Å². The number of para-hydroxylation sites is 1. The maximum atomic E-state index is 13.7. The number of benzene rings is 3. The highest BCUT2D eigenvalue weighted by atomic mass is 32.2. The lowest BCUT2D eigenvalue weighted by Gasteiger charge is -2.32. The molecule has 1 atom stereocenters. The Bertz CT molecular complexity index is 1320. The van der Waals surface area contributed by atoms with Gasteiger partial charge in [-0.05, 0) is 29.3 Å². The molecule has 1 unspecified atom stereocenters. The van der Waals surface area contributed by atoms with Crippen LogP contribution in [0.1, 0.15) is 22.7 Å². The smallest absolute Gasteiger partial charge is 0.247 e. The molecule has 0 aliphatic rings. The van der Waals surface area contributed by atoms with Gasteiger partial charge in [-0.15, -0.1) is 0 Å². The molecule has 3 aromatic carbocycles. The summed E-state index contributed by atoms with van der Waals surface area (Å²) in [6, 6.07) is 20.4. The number of hydrogen-bond acceptors (Lipinski definition) is 5. The number of carbonyl (C=O) groups excluding carboxylic acids is 2. The molecule has 3 rings (SSSR count). The first-order valence-electron chi connectivity index (χ1n) is 11.5. The van der Waals surface area contributed by atoms with Crippen molar-refractivity contribution >= 4 is 21.8 Å². The Kier molecular flexibility index (Phi) is 9.37. The quantitative estimate of drug-likeness (QED) is 0.414. The van der Waals surface area contributed by atoms with Crippen LogP contribution >= 0.6 is 0 Å². The summed E-state index contributed by atoms with van der Waals surface area (Å²) >= 11 is 0. The average Bonchev–Trinajstić information content (AvgIpc) is 2.88. The average molecular weight is 528 g/mol. The van der Waals surface area contributed by atoms with Crippen molar-refractivity contribution in [3.05, 3.63) is 101 Å². The molecule has 0 heterocycles. The third-order valence-electron chi connectivity index (χ3n) is 5.83. The second kappa shape index (κ2) is 12.5. The van der Waals surface area contributed by atoms with Crippen molar-refractivity contribution in [1.29, 1.82) is 0 Å². The fourth-order valence-electron chi connectivity index (χ4n) is 3.74. The Hall–Kier alpha value is -3.76. The SMILES string of the molecule is COc1ccccc1CNC(=O)C(c1ccccc1)N(Cc1ccc(F)cc1)C(=O)CN(C)S(C)(=O)=O. The molecule has 3 aromatic rings. The Morgan fingerprint density at radius 2 is 1.59 bits per heavy atom. The summed E-state index contributed by atoms with van der Waals surface area (Å²) in [5.74, 6) is -0.881. The Morgan fingerprint density at radius 1 is 0.973 bits per heavy atom. The van der Waals surface area contributed by atoms with E-state index in [-0.39, 0.29) is 13.1 Å². The van der Waals surface area contributed by atoms with Crippen molar-refractivity contribution in [1.82, 2.24) is 14.5 Å². The van der Waals surface area contributed by atoms with Crippen LogP contribution in [0.25, 0.3) is 0 Å². The first-order chi connectivity index (χ1) is 17.6. The number of rotatable bonds is 11. The highest BCUT2D eigenvalue weighted by Crippen LogP contribution is 2.25. The molecule has 2 amide bonds. The maximum absolute atomic E-state index is 13.7. The van der Waals surface area contributed by atoms with Gasteiger partial charge in [-0.2, -0.15) is 4.31 Å². The summed E-state index contributed by atoms with van der Waals surface area (Å²) in [4.78, 5) is 28.5. The molecule has 0 aliphatic heterocycles. The number of halogens is 1. The minimum atomic E-state index is -3.65. The number of ether oxygens (including phenoxy) is 1. The van der Waals surface area contributed by atoms with E-state index in [9.17, 15) is 22.4 Å². The van der Waals surface area contributed by atoms with Crippen LogP contribution in [0.5, 0.6) is 5.75 Å². The summed E-state index contributed by atoms with van der Waals surface area (Å²) in [5, 5.41) is 2.88. The van der Waals surface area contributed by atoms with Gasteiger partial charge in [-0.3, -0.25) is 9.59 Å². The molecule has 196 valence electrons. The lowest BCUT2D eigenvalue weighted by atomic mass is 10.0. The van der Waals surface area contributed by atoms with E-state index >= 15 is 0 Å². The zero-order valence-corrected chi connectivity index (χ0v) is 21.7. The van der Waals surface area contributed by atoms with Gasteiger partial charge in [-0.25, -0.2) is 12.8 Å². The topological polar surface area (TPSA) is 96.0 Å². The minimum Gasteiger partial charge on any atom is -0.496 e. The first kappa shape index (κ1) is 27.8. The van der Waals surface area contributed by atoms with Crippen molar-refractivity contribution in [2.75, 3.05) is 27.0 Å². The van der Waals surface area contributed by atoms with Crippen molar-refractivity contribution in [2.45, 2.75) is 19.1 Å². The lowest BCUT2D eigenvalue weighted by molar-refractivity contribution is -0.141. The van der Waals surface area contributed by atoms with Gasteiger partial charge in [0.05, 0.1) is 19.9 Å². The summed E-state index contributed by atoms with van der Waals surface area (Å²) in [5.41, 5.74) is 1.87. The van der Waals surface area contributed by atoms with Gasteiger partial charge in [0.15, 0.2) is 0 Å². The molecule has 8 nitrogen and oxygen atoms in total. The molecule has 0 bridgehead atoms. The van der Waals surface area contributed by atoms with Crippen molar-refractivity contribution in [2.24, 2.45) is 0 Å². The van der Waals surface area contributed by atoms with Gasteiger partial charge in [0.25, 0.3) is 0 Å². The van der Waals surface area contributed by atoms with E-state index in [1.165, 1.54) is 43.3 Å². The number of nitrogens with zero attached hydrogens (tertiary/aromatic N) is 2. The molecule has 0 saturated heterocycles. The largest absolute Gasteiger partial charge is 0.496 e. The van der Waals surface area contributed by atoms with Crippen molar-refractivity contribution in [3.63, 3.8) is 0 Å². The Labute approximate surface area is 216 Å². The molecule has 0 spiro atoms. The normalized spacial score (nSPS) is 12.1. The molecule has 0 saturated carbocycles. The number of amides is 2. The molecular formula is C27H30FN3O5S. The number of likely N-dealkylation sites (N-methyl/N-ethyl adjacent to an activating group) is 1. The Balaban J connectivity index is 1.98. The van der Waals surface area contributed by atoms with Gasteiger partial charge in [0.2, 0.25) is 21.8 Å². The second-order valence-electron chi connectivity index (χ2n) is 8.51. The predicted molar refractivity (Wildman–Crippen MR) is 138 cm³/mol. The van der Waals surface area contributed by atoms with Gasteiger partial charge in [-0.1, -0.05) is 60.7 Å². The van der Waals surface area contributed by atoms with E-state index in [4.69, 9.17) is 4.74 Å². The number of carbonyl (C=O) groups is 2. The number of hydrogen-bond donors (Lipinski definition) is 1. The molecule has 1 N–H and O–H groups in total. The molecule has 37 heavy (non-hydrogen) atoms. The predicted octanol–water partition coefficient (Wildman–Crippen LogP) is 3.11. The fourth-order valence-corrected chi connectivity index (χ4v) is 4.09. The zero-order valence-electron chi connectivity index (χ0n) is 20.9. The van der Waals surface area contributed by atoms with Crippen LogP contribution in [-0.2, 0) is 32.7 Å².